The Morgan fingerprint density at radius 2 is 2.31 bits per heavy atom. The summed E-state index contributed by atoms with van der Waals surface area (Å²) >= 11 is 0. The standard InChI is InChI=1S/C11H13FO4/c1-4(12)10(13)15-8-5-2-6-7(3-5)11(14)16-9(6)8/h4-9H,2-3H2,1H3. The van der Waals surface area contributed by atoms with Crippen LogP contribution in [0.1, 0.15) is 19.8 Å². The number of ether oxygens (including phenoxy) is 2. The van der Waals surface area contributed by atoms with Crippen molar-refractivity contribution in [1.82, 2.24) is 0 Å². The number of hydrogen-bond donors (Lipinski definition) is 0. The maximum Gasteiger partial charge on any atom is 0.340 e. The van der Waals surface area contributed by atoms with Crippen molar-refractivity contribution in [2.45, 2.75) is 38.1 Å². The van der Waals surface area contributed by atoms with Gasteiger partial charge in [-0.15, -0.1) is 0 Å². The van der Waals surface area contributed by atoms with E-state index in [-0.39, 0.29) is 29.8 Å². The van der Waals surface area contributed by atoms with Crippen LogP contribution in [0.4, 0.5) is 4.39 Å². The molecule has 6 unspecified atom stereocenters. The number of esters is 2. The predicted octanol–water partition coefficient (Wildman–Crippen LogP) is 0.838. The molecule has 0 aromatic carbocycles. The van der Waals surface area contributed by atoms with Gasteiger partial charge in [-0.05, 0) is 19.8 Å². The summed E-state index contributed by atoms with van der Waals surface area (Å²) in [7, 11) is 0. The zero-order chi connectivity index (χ0) is 11.4. The molecule has 88 valence electrons. The molecule has 2 aliphatic carbocycles. The van der Waals surface area contributed by atoms with Crippen molar-refractivity contribution < 1.29 is 23.5 Å². The number of rotatable bonds is 2. The van der Waals surface area contributed by atoms with E-state index in [1.165, 1.54) is 0 Å². The van der Waals surface area contributed by atoms with Crippen molar-refractivity contribution >= 4 is 11.9 Å². The number of carbonyl (C=O) groups excluding carboxylic acids is 2. The zero-order valence-corrected chi connectivity index (χ0v) is 8.89. The Labute approximate surface area is 92.1 Å². The van der Waals surface area contributed by atoms with Gasteiger partial charge in [0.15, 0.2) is 6.17 Å². The van der Waals surface area contributed by atoms with Gasteiger partial charge in [-0.3, -0.25) is 4.79 Å². The molecule has 0 radical (unpaired) electrons. The molecule has 2 saturated carbocycles. The molecule has 4 nitrogen and oxygen atoms in total. The Kier molecular flexibility index (Phi) is 2.00. The molecule has 0 aromatic heterocycles. The highest BCUT2D eigenvalue weighted by molar-refractivity contribution is 5.77. The van der Waals surface area contributed by atoms with Crippen LogP contribution in [-0.2, 0) is 19.1 Å². The lowest BCUT2D eigenvalue weighted by Gasteiger charge is -2.25. The summed E-state index contributed by atoms with van der Waals surface area (Å²) in [6.07, 6.45) is -0.775. The maximum absolute atomic E-state index is 12.7. The first-order valence-electron chi connectivity index (χ1n) is 5.63. The van der Waals surface area contributed by atoms with Crippen LogP contribution in [0.15, 0.2) is 0 Å². The van der Waals surface area contributed by atoms with Gasteiger partial charge >= 0.3 is 11.9 Å². The maximum atomic E-state index is 12.7. The Morgan fingerprint density at radius 3 is 3.00 bits per heavy atom. The van der Waals surface area contributed by atoms with E-state index < -0.39 is 18.2 Å². The lowest BCUT2D eigenvalue weighted by molar-refractivity contribution is -0.165. The van der Waals surface area contributed by atoms with Gasteiger partial charge in [-0.25, -0.2) is 9.18 Å². The minimum absolute atomic E-state index is 0.00671. The average molecular weight is 228 g/mol. The first-order chi connectivity index (χ1) is 7.58. The molecule has 16 heavy (non-hydrogen) atoms. The van der Waals surface area contributed by atoms with Gasteiger partial charge in [-0.2, -0.15) is 0 Å². The van der Waals surface area contributed by atoms with Gasteiger partial charge < -0.3 is 9.47 Å². The smallest absolute Gasteiger partial charge is 0.340 e. The third-order valence-electron chi connectivity index (χ3n) is 3.99. The second kappa shape index (κ2) is 3.18. The van der Waals surface area contributed by atoms with Crippen LogP contribution < -0.4 is 0 Å². The van der Waals surface area contributed by atoms with E-state index in [2.05, 4.69) is 0 Å². The third kappa shape index (κ3) is 1.20. The molecular weight excluding hydrogens is 215 g/mol. The van der Waals surface area contributed by atoms with Crippen LogP contribution in [0.3, 0.4) is 0 Å². The van der Waals surface area contributed by atoms with Crippen molar-refractivity contribution in [1.29, 1.82) is 0 Å². The number of carbonyl (C=O) groups is 2. The molecule has 5 heteroatoms. The molecule has 1 heterocycles. The van der Waals surface area contributed by atoms with Gasteiger partial charge in [0.25, 0.3) is 0 Å². The molecule has 3 aliphatic rings. The van der Waals surface area contributed by atoms with Crippen LogP contribution in [0.25, 0.3) is 0 Å². The van der Waals surface area contributed by atoms with Crippen LogP contribution in [0.2, 0.25) is 0 Å². The summed E-state index contributed by atoms with van der Waals surface area (Å²) < 4.78 is 23.0. The first kappa shape index (κ1) is 10.1. The average Bonchev–Trinajstić information content (AvgIpc) is 2.81. The van der Waals surface area contributed by atoms with Gasteiger partial charge in [0.2, 0.25) is 0 Å². The minimum Gasteiger partial charge on any atom is -0.458 e. The van der Waals surface area contributed by atoms with Crippen molar-refractivity contribution in [3.8, 4) is 0 Å². The Morgan fingerprint density at radius 1 is 1.56 bits per heavy atom. The molecule has 3 fully saturated rings. The summed E-state index contributed by atoms with van der Waals surface area (Å²) in [5.74, 6) is -0.673. The predicted molar refractivity (Wildman–Crippen MR) is 50.0 cm³/mol. The van der Waals surface area contributed by atoms with Crippen molar-refractivity contribution in [3.05, 3.63) is 0 Å². The molecule has 1 aliphatic heterocycles. The quantitative estimate of drug-likeness (QED) is 0.657. The highest BCUT2D eigenvalue weighted by Gasteiger charge is 2.63. The Hall–Kier alpha value is -1.13. The topological polar surface area (TPSA) is 52.6 Å². The lowest BCUT2D eigenvalue weighted by Crippen LogP contribution is -2.37. The fourth-order valence-electron chi connectivity index (χ4n) is 3.29. The summed E-state index contributed by atoms with van der Waals surface area (Å²) in [6.45, 7) is 1.15. The van der Waals surface area contributed by atoms with E-state index in [1.54, 1.807) is 0 Å². The van der Waals surface area contributed by atoms with Gasteiger partial charge in [0, 0.05) is 11.8 Å². The van der Waals surface area contributed by atoms with Crippen molar-refractivity contribution in [2.24, 2.45) is 17.8 Å². The monoisotopic (exact) mass is 228 g/mol. The molecule has 0 aromatic rings. The van der Waals surface area contributed by atoms with Crippen molar-refractivity contribution in [3.63, 3.8) is 0 Å². The van der Waals surface area contributed by atoms with E-state index >= 15 is 0 Å². The summed E-state index contributed by atoms with van der Waals surface area (Å²) in [6, 6.07) is 0. The second-order valence-electron chi connectivity index (χ2n) is 4.92. The number of halogens is 1. The summed E-state index contributed by atoms with van der Waals surface area (Å²) in [4.78, 5) is 22.6. The molecule has 6 atom stereocenters. The number of fused-ring (bicyclic) bond motifs is 1. The fraction of sp³-hybridized carbons (Fsp3) is 0.818. The van der Waals surface area contributed by atoms with Gasteiger partial charge in [0.1, 0.15) is 12.2 Å². The SMILES string of the molecule is CC(F)C(=O)OC1C2CC3C(=O)OC1C3C2. The summed E-state index contributed by atoms with van der Waals surface area (Å²) in [5, 5.41) is 0. The van der Waals surface area contributed by atoms with E-state index in [0.717, 1.165) is 19.8 Å². The first-order valence-corrected chi connectivity index (χ1v) is 5.63. The number of hydrogen-bond acceptors (Lipinski definition) is 4. The van der Waals surface area contributed by atoms with Crippen LogP contribution >= 0.6 is 0 Å². The normalized spacial score (nSPS) is 45.6. The molecule has 0 N–H and O–H groups in total. The lowest BCUT2D eigenvalue weighted by atomic mass is 9.88. The van der Waals surface area contributed by atoms with E-state index in [0.29, 0.717) is 0 Å². The van der Waals surface area contributed by atoms with Gasteiger partial charge in [-0.1, -0.05) is 0 Å². The molecule has 0 amide bonds. The van der Waals surface area contributed by atoms with Crippen LogP contribution in [-0.4, -0.2) is 30.3 Å². The molecule has 1 saturated heterocycles. The van der Waals surface area contributed by atoms with Crippen LogP contribution in [0, 0.1) is 17.8 Å². The zero-order valence-electron chi connectivity index (χ0n) is 8.89. The Balaban J connectivity index is 1.75. The molecular formula is C11H13FO4. The number of alkyl halides is 1. The van der Waals surface area contributed by atoms with E-state index in [4.69, 9.17) is 9.47 Å². The molecule has 3 rings (SSSR count). The molecule has 2 bridgehead atoms. The largest absolute Gasteiger partial charge is 0.458 e. The van der Waals surface area contributed by atoms with Gasteiger partial charge in [0.05, 0.1) is 5.92 Å². The van der Waals surface area contributed by atoms with Crippen molar-refractivity contribution in [2.75, 3.05) is 0 Å². The second-order valence-corrected chi connectivity index (χ2v) is 4.92. The Bertz CT molecular complexity index is 354. The fourth-order valence-corrected chi connectivity index (χ4v) is 3.29. The van der Waals surface area contributed by atoms with E-state index in [9.17, 15) is 14.0 Å². The minimum atomic E-state index is -1.62. The molecule has 0 spiro atoms. The van der Waals surface area contributed by atoms with E-state index in [1.807, 2.05) is 0 Å². The van der Waals surface area contributed by atoms with Crippen LogP contribution in [0.5, 0.6) is 0 Å². The highest BCUT2D eigenvalue weighted by atomic mass is 19.1. The third-order valence-corrected chi connectivity index (χ3v) is 3.99. The summed E-state index contributed by atoms with van der Waals surface area (Å²) in [5.41, 5.74) is 0. The highest BCUT2D eigenvalue weighted by Crippen LogP contribution is 2.55.